The highest BCUT2D eigenvalue weighted by Gasteiger charge is 2.17. The van der Waals surface area contributed by atoms with Gasteiger partial charge in [-0.1, -0.05) is 23.7 Å². The van der Waals surface area contributed by atoms with Crippen molar-refractivity contribution in [2.75, 3.05) is 6.54 Å². The number of rotatable bonds is 5. The van der Waals surface area contributed by atoms with Gasteiger partial charge >= 0.3 is 0 Å². The number of aliphatic hydroxyl groups is 1. The normalized spacial score (nSPS) is 12.5. The number of amides is 1. The summed E-state index contributed by atoms with van der Waals surface area (Å²) in [5.74, 6) is -0.424. The molecule has 0 aromatic heterocycles. The van der Waals surface area contributed by atoms with Crippen molar-refractivity contribution >= 4 is 17.5 Å². The maximum Gasteiger partial charge on any atom is 0.265 e. The average molecular weight is 264 g/mol. The van der Waals surface area contributed by atoms with E-state index in [-0.39, 0.29) is 6.42 Å². The number of nitrogens with one attached hydrogen (secondary N) is 1. The molecule has 1 rings (SSSR count). The van der Waals surface area contributed by atoms with E-state index in [9.17, 15) is 13.6 Å². The van der Waals surface area contributed by atoms with Gasteiger partial charge in [0.15, 0.2) is 0 Å². The molecule has 0 saturated heterocycles. The molecule has 0 heterocycles. The molecule has 0 fully saturated rings. The van der Waals surface area contributed by atoms with Crippen molar-refractivity contribution in [2.45, 2.75) is 19.0 Å². The second-order valence-corrected chi connectivity index (χ2v) is 3.95. The standard InChI is InChI=1S/C11H12ClF2NO2/c12-8-3-1-7(2-4-8)5-10(17)15-6-9(16)11(13)14/h1-4,9,11,16H,5-6H2,(H,15,17). The molecule has 0 aliphatic rings. The van der Waals surface area contributed by atoms with Gasteiger partial charge in [0, 0.05) is 11.6 Å². The third-order valence-corrected chi connectivity index (χ3v) is 2.33. The Morgan fingerprint density at radius 3 is 2.47 bits per heavy atom. The van der Waals surface area contributed by atoms with E-state index in [1.807, 2.05) is 0 Å². The SMILES string of the molecule is O=C(Cc1ccc(Cl)cc1)NCC(O)C(F)F. The number of alkyl halides is 2. The summed E-state index contributed by atoms with van der Waals surface area (Å²) in [5.41, 5.74) is 0.721. The second kappa shape index (κ2) is 6.51. The van der Waals surface area contributed by atoms with Crippen molar-refractivity contribution in [1.29, 1.82) is 0 Å². The lowest BCUT2D eigenvalue weighted by molar-refractivity contribution is -0.121. The first kappa shape index (κ1) is 13.9. The van der Waals surface area contributed by atoms with Gasteiger partial charge in [0.05, 0.1) is 6.42 Å². The number of halogens is 3. The van der Waals surface area contributed by atoms with Crippen LogP contribution in [0.15, 0.2) is 24.3 Å². The zero-order valence-corrected chi connectivity index (χ0v) is 9.62. The highest BCUT2D eigenvalue weighted by Crippen LogP contribution is 2.09. The lowest BCUT2D eigenvalue weighted by Gasteiger charge is -2.10. The van der Waals surface area contributed by atoms with Crippen LogP contribution in [0.3, 0.4) is 0 Å². The van der Waals surface area contributed by atoms with Gasteiger partial charge in [0.2, 0.25) is 5.91 Å². The van der Waals surface area contributed by atoms with Crippen LogP contribution in [0.4, 0.5) is 8.78 Å². The first-order chi connectivity index (χ1) is 7.99. The van der Waals surface area contributed by atoms with Crippen LogP contribution in [-0.2, 0) is 11.2 Å². The Morgan fingerprint density at radius 1 is 1.35 bits per heavy atom. The lowest BCUT2D eigenvalue weighted by atomic mass is 10.1. The molecule has 0 saturated carbocycles. The smallest absolute Gasteiger partial charge is 0.265 e. The number of aliphatic hydroxyl groups excluding tert-OH is 1. The summed E-state index contributed by atoms with van der Waals surface area (Å²) in [4.78, 5) is 11.3. The number of carbonyl (C=O) groups excluding carboxylic acids is 1. The van der Waals surface area contributed by atoms with Gasteiger partial charge in [-0.25, -0.2) is 8.78 Å². The Bertz CT molecular complexity index is 370. The molecule has 0 bridgehead atoms. The van der Waals surface area contributed by atoms with E-state index in [0.29, 0.717) is 5.02 Å². The predicted octanol–water partition coefficient (Wildman–Crippen LogP) is 1.62. The summed E-state index contributed by atoms with van der Waals surface area (Å²) in [7, 11) is 0. The maximum atomic E-state index is 11.9. The molecule has 17 heavy (non-hydrogen) atoms. The van der Waals surface area contributed by atoms with Crippen LogP contribution < -0.4 is 5.32 Å². The molecule has 0 spiro atoms. The van der Waals surface area contributed by atoms with Gasteiger partial charge in [-0.2, -0.15) is 0 Å². The van der Waals surface area contributed by atoms with Crippen LogP contribution in [0, 0.1) is 0 Å². The molecule has 0 radical (unpaired) electrons. The quantitative estimate of drug-likeness (QED) is 0.848. The number of hydrogen-bond acceptors (Lipinski definition) is 2. The average Bonchev–Trinajstić information content (AvgIpc) is 2.29. The van der Waals surface area contributed by atoms with E-state index in [0.717, 1.165) is 5.56 Å². The van der Waals surface area contributed by atoms with E-state index in [4.69, 9.17) is 16.7 Å². The summed E-state index contributed by atoms with van der Waals surface area (Å²) in [5, 5.41) is 11.6. The molecule has 94 valence electrons. The Hall–Kier alpha value is -1.20. The first-order valence-electron chi connectivity index (χ1n) is 4.96. The minimum atomic E-state index is -2.86. The number of carbonyl (C=O) groups is 1. The molecule has 0 aliphatic heterocycles. The van der Waals surface area contributed by atoms with E-state index in [2.05, 4.69) is 5.32 Å². The number of hydrogen-bond donors (Lipinski definition) is 2. The fourth-order valence-electron chi connectivity index (χ4n) is 1.16. The zero-order chi connectivity index (χ0) is 12.8. The molecular formula is C11H12ClF2NO2. The molecule has 1 unspecified atom stereocenters. The maximum absolute atomic E-state index is 11.9. The second-order valence-electron chi connectivity index (χ2n) is 3.51. The highest BCUT2D eigenvalue weighted by atomic mass is 35.5. The van der Waals surface area contributed by atoms with Gasteiger partial charge < -0.3 is 10.4 Å². The Morgan fingerprint density at radius 2 is 1.94 bits per heavy atom. The van der Waals surface area contributed by atoms with E-state index < -0.39 is 25.0 Å². The van der Waals surface area contributed by atoms with Crippen LogP contribution in [0.5, 0.6) is 0 Å². The lowest BCUT2D eigenvalue weighted by Crippen LogP contribution is -2.36. The molecule has 2 N–H and O–H groups in total. The van der Waals surface area contributed by atoms with Crippen molar-refractivity contribution < 1.29 is 18.7 Å². The fourth-order valence-corrected chi connectivity index (χ4v) is 1.28. The van der Waals surface area contributed by atoms with Crippen LogP contribution in [0.25, 0.3) is 0 Å². The Kier molecular flexibility index (Phi) is 5.31. The summed E-state index contributed by atoms with van der Waals surface area (Å²) < 4.78 is 23.9. The third kappa shape index (κ3) is 5.10. The predicted molar refractivity (Wildman–Crippen MR) is 60.2 cm³/mol. The van der Waals surface area contributed by atoms with E-state index >= 15 is 0 Å². The summed E-state index contributed by atoms with van der Waals surface area (Å²) in [6, 6.07) is 6.62. The zero-order valence-electron chi connectivity index (χ0n) is 8.87. The molecule has 1 atom stereocenters. The molecule has 1 amide bonds. The third-order valence-electron chi connectivity index (χ3n) is 2.08. The van der Waals surface area contributed by atoms with Crippen LogP contribution >= 0.6 is 11.6 Å². The van der Waals surface area contributed by atoms with E-state index in [1.54, 1.807) is 24.3 Å². The van der Waals surface area contributed by atoms with Crippen molar-refractivity contribution in [3.8, 4) is 0 Å². The van der Waals surface area contributed by atoms with Crippen molar-refractivity contribution in [2.24, 2.45) is 0 Å². The van der Waals surface area contributed by atoms with Crippen molar-refractivity contribution in [3.63, 3.8) is 0 Å². The van der Waals surface area contributed by atoms with Crippen LogP contribution in [0.2, 0.25) is 5.02 Å². The minimum Gasteiger partial charge on any atom is -0.385 e. The molecule has 1 aromatic rings. The molecule has 0 aliphatic carbocycles. The Balaban J connectivity index is 2.37. The van der Waals surface area contributed by atoms with Crippen molar-refractivity contribution in [1.82, 2.24) is 5.32 Å². The Labute approximate surface area is 102 Å². The fraction of sp³-hybridized carbons (Fsp3) is 0.364. The van der Waals surface area contributed by atoms with Crippen LogP contribution in [0.1, 0.15) is 5.56 Å². The highest BCUT2D eigenvalue weighted by molar-refractivity contribution is 6.30. The van der Waals surface area contributed by atoms with Crippen molar-refractivity contribution in [3.05, 3.63) is 34.9 Å². The minimum absolute atomic E-state index is 0.0626. The molecule has 1 aromatic carbocycles. The summed E-state index contributed by atoms with van der Waals surface area (Å²) in [6.45, 7) is -0.454. The summed E-state index contributed by atoms with van der Waals surface area (Å²) >= 11 is 5.67. The van der Waals surface area contributed by atoms with Gasteiger partial charge in [-0.15, -0.1) is 0 Å². The monoisotopic (exact) mass is 263 g/mol. The molecule has 3 nitrogen and oxygen atoms in total. The largest absolute Gasteiger partial charge is 0.385 e. The van der Waals surface area contributed by atoms with Gasteiger partial charge in [-0.05, 0) is 17.7 Å². The topological polar surface area (TPSA) is 49.3 Å². The van der Waals surface area contributed by atoms with Crippen LogP contribution in [-0.4, -0.2) is 30.1 Å². The van der Waals surface area contributed by atoms with Gasteiger partial charge in [0.1, 0.15) is 6.10 Å². The van der Waals surface area contributed by atoms with E-state index in [1.165, 1.54) is 0 Å². The number of benzene rings is 1. The molecule has 6 heteroatoms. The first-order valence-corrected chi connectivity index (χ1v) is 5.34. The van der Waals surface area contributed by atoms with Gasteiger partial charge in [0.25, 0.3) is 6.43 Å². The van der Waals surface area contributed by atoms with Gasteiger partial charge in [-0.3, -0.25) is 4.79 Å². The molecular weight excluding hydrogens is 252 g/mol. The summed E-state index contributed by atoms with van der Waals surface area (Å²) in [6.07, 6.45) is -4.62.